The van der Waals surface area contributed by atoms with Gasteiger partial charge in [0.25, 0.3) is 0 Å². The van der Waals surface area contributed by atoms with Crippen molar-refractivity contribution in [1.82, 2.24) is 4.90 Å². The highest BCUT2D eigenvalue weighted by atomic mass is 35.5. The first kappa shape index (κ1) is 11.8. The number of hydrogen-bond acceptors (Lipinski definition) is 2. The molecule has 0 bridgehead atoms. The molecule has 0 spiro atoms. The van der Waals surface area contributed by atoms with E-state index in [1.807, 2.05) is 11.8 Å². The van der Waals surface area contributed by atoms with Crippen molar-refractivity contribution in [2.45, 2.75) is 25.9 Å². The minimum Gasteiger partial charge on any atom is -0.380 e. The van der Waals surface area contributed by atoms with Crippen molar-refractivity contribution in [2.24, 2.45) is 5.92 Å². The lowest BCUT2D eigenvalue weighted by Crippen LogP contribution is -2.45. The minimum absolute atomic E-state index is 0.0766. The molecule has 3 nitrogen and oxygen atoms in total. The number of carbonyl (C=O) groups excluding carboxylic acids is 1. The number of halogens is 1. The standard InChI is InChI=1S/C10H18ClNO2/c1-8(6-11)10(13)12-5-3-4-9(7-12)14-2/h8-9H,3-7H2,1-2H3. The lowest BCUT2D eigenvalue weighted by atomic mass is 10.1. The number of amides is 1. The lowest BCUT2D eigenvalue weighted by molar-refractivity contribution is -0.137. The number of ether oxygens (including phenoxy) is 1. The number of nitrogens with zero attached hydrogens (tertiary/aromatic N) is 1. The Morgan fingerprint density at radius 2 is 2.43 bits per heavy atom. The zero-order chi connectivity index (χ0) is 10.6. The fourth-order valence-corrected chi connectivity index (χ4v) is 1.84. The van der Waals surface area contributed by atoms with Crippen molar-refractivity contribution in [3.63, 3.8) is 0 Å². The highest BCUT2D eigenvalue weighted by Gasteiger charge is 2.25. The number of rotatable bonds is 3. The summed E-state index contributed by atoms with van der Waals surface area (Å²) >= 11 is 5.66. The number of likely N-dealkylation sites (tertiary alicyclic amines) is 1. The monoisotopic (exact) mass is 219 g/mol. The van der Waals surface area contributed by atoms with Gasteiger partial charge in [0.15, 0.2) is 0 Å². The normalized spacial score (nSPS) is 24.8. The first-order chi connectivity index (χ1) is 6.69. The lowest BCUT2D eigenvalue weighted by Gasteiger charge is -2.33. The molecule has 2 atom stereocenters. The maximum Gasteiger partial charge on any atom is 0.226 e. The van der Waals surface area contributed by atoms with E-state index in [2.05, 4.69) is 0 Å². The van der Waals surface area contributed by atoms with E-state index in [0.717, 1.165) is 25.9 Å². The smallest absolute Gasteiger partial charge is 0.226 e. The molecule has 4 heteroatoms. The third-order valence-electron chi connectivity index (χ3n) is 2.68. The van der Waals surface area contributed by atoms with Crippen LogP contribution in [-0.2, 0) is 9.53 Å². The van der Waals surface area contributed by atoms with Gasteiger partial charge in [-0.1, -0.05) is 6.92 Å². The van der Waals surface area contributed by atoms with Gasteiger partial charge in [-0.15, -0.1) is 11.6 Å². The molecule has 2 unspecified atom stereocenters. The summed E-state index contributed by atoms with van der Waals surface area (Å²) in [6.45, 7) is 3.43. The quantitative estimate of drug-likeness (QED) is 0.674. The van der Waals surface area contributed by atoms with Crippen LogP contribution >= 0.6 is 11.6 Å². The molecule has 0 radical (unpaired) electrons. The molecule has 1 aliphatic rings. The minimum atomic E-state index is -0.0766. The summed E-state index contributed by atoms with van der Waals surface area (Å²) in [4.78, 5) is 13.6. The van der Waals surface area contributed by atoms with Crippen LogP contribution in [0, 0.1) is 5.92 Å². The van der Waals surface area contributed by atoms with E-state index in [9.17, 15) is 4.79 Å². The maximum absolute atomic E-state index is 11.8. The molecule has 0 aromatic carbocycles. The molecule has 1 heterocycles. The molecule has 14 heavy (non-hydrogen) atoms. The van der Waals surface area contributed by atoms with Crippen molar-refractivity contribution in [1.29, 1.82) is 0 Å². The molecule has 1 amide bonds. The van der Waals surface area contributed by atoms with Crippen molar-refractivity contribution in [3.8, 4) is 0 Å². The summed E-state index contributed by atoms with van der Waals surface area (Å²) in [5.41, 5.74) is 0. The molecule has 0 saturated carbocycles. The number of methoxy groups -OCH3 is 1. The number of hydrogen-bond donors (Lipinski definition) is 0. The highest BCUT2D eigenvalue weighted by Crippen LogP contribution is 2.15. The Kier molecular flexibility index (Phi) is 4.69. The maximum atomic E-state index is 11.8. The molecule has 0 aromatic rings. The molecule has 1 aliphatic heterocycles. The molecule has 1 rings (SSSR count). The Labute approximate surface area is 90.4 Å². The predicted molar refractivity (Wildman–Crippen MR) is 56.5 cm³/mol. The first-order valence-electron chi connectivity index (χ1n) is 5.06. The molecule has 1 fully saturated rings. The third-order valence-corrected chi connectivity index (χ3v) is 3.14. The van der Waals surface area contributed by atoms with Gasteiger partial charge in [0.2, 0.25) is 5.91 Å². The van der Waals surface area contributed by atoms with E-state index < -0.39 is 0 Å². The topological polar surface area (TPSA) is 29.5 Å². The van der Waals surface area contributed by atoms with Gasteiger partial charge in [0.05, 0.1) is 6.10 Å². The van der Waals surface area contributed by atoms with Gasteiger partial charge in [0.1, 0.15) is 0 Å². The van der Waals surface area contributed by atoms with Gasteiger partial charge in [0, 0.05) is 32.0 Å². The van der Waals surface area contributed by atoms with Crippen molar-refractivity contribution in [2.75, 3.05) is 26.1 Å². The van der Waals surface area contributed by atoms with Gasteiger partial charge >= 0.3 is 0 Å². The fourth-order valence-electron chi connectivity index (χ4n) is 1.71. The molecule has 1 saturated heterocycles. The Bertz CT molecular complexity index is 199. The Morgan fingerprint density at radius 3 is 3.00 bits per heavy atom. The first-order valence-corrected chi connectivity index (χ1v) is 5.60. The van der Waals surface area contributed by atoms with E-state index >= 15 is 0 Å². The van der Waals surface area contributed by atoms with Crippen LogP contribution in [0.5, 0.6) is 0 Å². The second kappa shape index (κ2) is 5.56. The van der Waals surface area contributed by atoms with E-state index in [0.29, 0.717) is 5.88 Å². The molecule has 0 aromatic heterocycles. The Morgan fingerprint density at radius 1 is 1.71 bits per heavy atom. The van der Waals surface area contributed by atoms with Crippen molar-refractivity contribution < 1.29 is 9.53 Å². The van der Waals surface area contributed by atoms with Gasteiger partial charge in [-0.05, 0) is 12.8 Å². The van der Waals surface area contributed by atoms with E-state index in [1.165, 1.54) is 0 Å². The second-order valence-electron chi connectivity index (χ2n) is 3.84. The molecule has 0 aliphatic carbocycles. The largest absolute Gasteiger partial charge is 0.380 e. The zero-order valence-electron chi connectivity index (χ0n) is 8.83. The molecule has 82 valence electrons. The summed E-state index contributed by atoms with van der Waals surface area (Å²) in [5.74, 6) is 0.474. The Balaban J connectivity index is 2.47. The van der Waals surface area contributed by atoms with Gasteiger partial charge in [-0.3, -0.25) is 4.79 Å². The average Bonchev–Trinajstić information content (AvgIpc) is 2.27. The third kappa shape index (κ3) is 2.85. The number of carbonyl (C=O) groups is 1. The van der Waals surface area contributed by atoms with Crippen LogP contribution in [0.25, 0.3) is 0 Å². The Hall–Kier alpha value is -0.280. The van der Waals surface area contributed by atoms with E-state index in [4.69, 9.17) is 16.3 Å². The van der Waals surface area contributed by atoms with Crippen LogP contribution in [0.2, 0.25) is 0 Å². The summed E-state index contributed by atoms with van der Waals surface area (Å²) < 4.78 is 5.26. The molecular weight excluding hydrogens is 202 g/mol. The number of alkyl halides is 1. The summed E-state index contributed by atoms with van der Waals surface area (Å²) in [6.07, 6.45) is 2.28. The van der Waals surface area contributed by atoms with Crippen molar-refractivity contribution in [3.05, 3.63) is 0 Å². The second-order valence-corrected chi connectivity index (χ2v) is 4.15. The summed E-state index contributed by atoms with van der Waals surface area (Å²) in [5, 5.41) is 0. The van der Waals surface area contributed by atoms with Crippen LogP contribution in [-0.4, -0.2) is 43.0 Å². The van der Waals surface area contributed by atoms with Crippen LogP contribution in [0.1, 0.15) is 19.8 Å². The molecular formula is C10H18ClNO2. The molecule has 0 N–H and O–H groups in total. The van der Waals surface area contributed by atoms with Crippen LogP contribution in [0.3, 0.4) is 0 Å². The fraction of sp³-hybridized carbons (Fsp3) is 0.900. The van der Waals surface area contributed by atoms with Crippen LogP contribution in [0.4, 0.5) is 0 Å². The summed E-state index contributed by atoms with van der Waals surface area (Å²) in [7, 11) is 1.70. The van der Waals surface area contributed by atoms with Crippen LogP contribution < -0.4 is 0 Å². The summed E-state index contributed by atoms with van der Waals surface area (Å²) in [6, 6.07) is 0. The van der Waals surface area contributed by atoms with Crippen molar-refractivity contribution >= 4 is 17.5 Å². The SMILES string of the molecule is COC1CCCN(C(=O)C(C)CCl)C1. The van der Waals surface area contributed by atoms with Crippen LogP contribution in [0.15, 0.2) is 0 Å². The zero-order valence-corrected chi connectivity index (χ0v) is 9.59. The number of piperidine rings is 1. The highest BCUT2D eigenvalue weighted by molar-refractivity contribution is 6.19. The van der Waals surface area contributed by atoms with E-state index in [-0.39, 0.29) is 17.9 Å². The van der Waals surface area contributed by atoms with Gasteiger partial charge in [-0.25, -0.2) is 0 Å². The predicted octanol–water partition coefficient (Wildman–Crippen LogP) is 1.50. The van der Waals surface area contributed by atoms with Gasteiger partial charge < -0.3 is 9.64 Å². The van der Waals surface area contributed by atoms with Gasteiger partial charge in [-0.2, -0.15) is 0 Å². The average molecular weight is 220 g/mol. The van der Waals surface area contributed by atoms with E-state index in [1.54, 1.807) is 7.11 Å².